The molecule has 1 fully saturated rings. The van der Waals surface area contributed by atoms with Crippen molar-refractivity contribution in [1.82, 2.24) is 29.6 Å². The number of carbonyl (C=O) groups excluding carboxylic acids is 2. The first-order valence-corrected chi connectivity index (χ1v) is 10.3. The summed E-state index contributed by atoms with van der Waals surface area (Å²) in [7, 11) is 0. The van der Waals surface area contributed by atoms with E-state index in [1.54, 1.807) is 9.47 Å². The van der Waals surface area contributed by atoms with Crippen LogP contribution in [0.3, 0.4) is 0 Å². The van der Waals surface area contributed by atoms with Gasteiger partial charge in [-0.25, -0.2) is 14.6 Å². The van der Waals surface area contributed by atoms with E-state index in [0.717, 1.165) is 23.8 Å². The van der Waals surface area contributed by atoms with Crippen molar-refractivity contribution >= 4 is 18.0 Å². The van der Waals surface area contributed by atoms with Gasteiger partial charge in [0.25, 0.3) is 0 Å². The van der Waals surface area contributed by atoms with Gasteiger partial charge < -0.3 is 20.2 Å². The Morgan fingerprint density at radius 2 is 1.77 bits per heavy atom. The van der Waals surface area contributed by atoms with Gasteiger partial charge in [-0.15, -0.1) is 0 Å². The summed E-state index contributed by atoms with van der Waals surface area (Å²) in [6, 6.07) is -0.802. The lowest BCUT2D eigenvalue weighted by atomic mass is 9.85. The first kappa shape index (κ1) is 22.1. The predicted octanol–water partition coefficient (Wildman–Crippen LogP) is 1.11. The van der Waals surface area contributed by atoms with E-state index < -0.39 is 17.6 Å². The van der Waals surface area contributed by atoms with Crippen molar-refractivity contribution in [2.75, 3.05) is 39.3 Å². The van der Waals surface area contributed by atoms with Crippen LogP contribution < -0.4 is 5.32 Å². The first-order chi connectivity index (χ1) is 14.0. The Morgan fingerprint density at radius 1 is 1.13 bits per heavy atom. The van der Waals surface area contributed by atoms with Gasteiger partial charge in [-0.05, 0) is 19.3 Å². The molecule has 1 saturated heterocycles. The van der Waals surface area contributed by atoms with Crippen LogP contribution >= 0.6 is 0 Å². The Bertz CT molecular complexity index is 835. The van der Waals surface area contributed by atoms with Crippen LogP contribution in [0.2, 0.25) is 0 Å². The molecule has 0 bridgehead atoms. The number of imidazole rings is 1. The maximum Gasteiger partial charge on any atom is 0.405 e. The zero-order valence-electron chi connectivity index (χ0n) is 18.4. The Balaban J connectivity index is 1.50. The van der Waals surface area contributed by atoms with Crippen LogP contribution in [0.5, 0.6) is 0 Å². The molecule has 0 spiro atoms. The maximum atomic E-state index is 12.9. The molecule has 3 rings (SSSR count). The number of piperazine rings is 1. The van der Waals surface area contributed by atoms with Crippen molar-refractivity contribution in [2.45, 2.75) is 47.2 Å². The third-order valence-corrected chi connectivity index (χ3v) is 5.89. The van der Waals surface area contributed by atoms with E-state index in [0.29, 0.717) is 39.3 Å². The van der Waals surface area contributed by atoms with Crippen LogP contribution in [0, 0.1) is 19.3 Å². The summed E-state index contributed by atoms with van der Waals surface area (Å²) in [5.74, 6) is 0.544. The topological polar surface area (TPSA) is 111 Å². The van der Waals surface area contributed by atoms with E-state index in [1.165, 1.54) is 0 Å². The molecule has 1 atom stereocenters. The SMILES string of the molecule is Cc1nc(C)n2c1CN(CCN1CCN(C(=O)[C@H](NC(=O)O)C(C)(C)C)CC1)C2=O. The highest BCUT2D eigenvalue weighted by Crippen LogP contribution is 2.23. The van der Waals surface area contributed by atoms with Crippen molar-refractivity contribution in [3.05, 3.63) is 17.2 Å². The number of nitrogens with zero attached hydrogens (tertiary/aromatic N) is 5. The molecule has 0 aromatic carbocycles. The lowest BCUT2D eigenvalue weighted by Crippen LogP contribution is -2.58. The van der Waals surface area contributed by atoms with Gasteiger partial charge in [0.2, 0.25) is 5.91 Å². The Kier molecular flexibility index (Phi) is 6.07. The van der Waals surface area contributed by atoms with E-state index in [2.05, 4.69) is 15.2 Å². The minimum Gasteiger partial charge on any atom is -0.465 e. The second kappa shape index (κ2) is 8.25. The highest BCUT2D eigenvalue weighted by Gasteiger charge is 2.37. The van der Waals surface area contributed by atoms with Crippen LogP contribution in [-0.4, -0.2) is 92.7 Å². The molecule has 30 heavy (non-hydrogen) atoms. The van der Waals surface area contributed by atoms with Gasteiger partial charge in [-0.2, -0.15) is 0 Å². The summed E-state index contributed by atoms with van der Waals surface area (Å²) >= 11 is 0. The molecular formula is C20H32N6O4. The number of carboxylic acid groups (broad SMARTS) is 1. The lowest BCUT2D eigenvalue weighted by molar-refractivity contribution is -0.137. The second-order valence-corrected chi connectivity index (χ2v) is 9.15. The maximum absolute atomic E-state index is 12.9. The van der Waals surface area contributed by atoms with Gasteiger partial charge in [-0.3, -0.25) is 14.3 Å². The Hall–Kier alpha value is -2.62. The smallest absolute Gasteiger partial charge is 0.405 e. The largest absolute Gasteiger partial charge is 0.465 e. The van der Waals surface area contributed by atoms with Gasteiger partial charge in [0, 0.05) is 39.3 Å². The Morgan fingerprint density at radius 3 is 2.30 bits per heavy atom. The van der Waals surface area contributed by atoms with E-state index in [-0.39, 0.29) is 11.9 Å². The number of carbonyl (C=O) groups is 3. The fourth-order valence-electron chi connectivity index (χ4n) is 4.13. The van der Waals surface area contributed by atoms with Crippen LogP contribution in [0.4, 0.5) is 9.59 Å². The van der Waals surface area contributed by atoms with E-state index in [9.17, 15) is 14.4 Å². The molecule has 3 amide bonds. The standard InChI is InChI=1S/C20H32N6O4/c1-13-15-12-25(19(30)26(15)14(2)21-13)11-8-23-6-9-24(10-7-23)17(27)16(20(3,4)5)22-18(28)29/h16,22H,6-12H2,1-5H3,(H,28,29)/t16-/m0/s1. The monoisotopic (exact) mass is 420 g/mol. The number of aromatic nitrogens is 2. The fourth-order valence-corrected chi connectivity index (χ4v) is 4.13. The number of rotatable bonds is 5. The molecule has 0 saturated carbocycles. The zero-order valence-corrected chi connectivity index (χ0v) is 18.4. The summed E-state index contributed by atoms with van der Waals surface area (Å²) in [6.45, 7) is 13.8. The molecule has 0 unspecified atom stereocenters. The number of amides is 3. The normalized spacial score (nSPS) is 18.5. The number of fused-ring (bicyclic) bond motifs is 1. The van der Waals surface area contributed by atoms with Gasteiger partial charge in [0.05, 0.1) is 17.9 Å². The molecule has 0 radical (unpaired) electrons. The minimum atomic E-state index is -1.19. The van der Waals surface area contributed by atoms with Crippen LogP contribution in [0.1, 0.15) is 38.0 Å². The fraction of sp³-hybridized carbons (Fsp3) is 0.700. The molecule has 1 aromatic heterocycles. The molecule has 10 heteroatoms. The molecule has 2 aliphatic rings. The van der Waals surface area contributed by atoms with Crippen molar-refractivity contribution in [3.8, 4) is 0 Å². The third kappa shape index (κ3) is 4.43. The predicted molar refractivity (Wildman–Crippen MR) is 110 cm³/mol. The summed E-state index contributed by atoms with van der Waals surface area (Å²) in [6.07, 6.45) is -1.19. The summed E-state index contributed by atoms with van der Waals surface area (Å²) in [5, 5.41) is 11.5. The van der Waals surface area contributed by atoms with Gasteiger partial charge in [0.1, 0.15) is 11.9 Å². The molecule has 0 aliphatic carbocycles. The lowest BCUT2D eigenvalue weighted by Gasteiger charge is -2.39. The molecule has 1 aromatic rings. The highest BCUT2D eigenvalue weighted by molar-refractivity contribution is 5.86. The molecular weight excluding hydrogens is 388 g/mol. The van der Waals surface area contributed by atoms with E-state index >= 15 is 0 Å². The Labute approximate surface area is 176 Å². The minimum absolute atomic E-state index is 0.0234. The number of nitrogens with one attached hydrogen (secondary N) is 1. The van der Waals surface area contributed by atoms with Crippen molar-refractivity contribution in [1.29, 1.82) is 0 Å². The number of hydrogen-bond acceptors (Lipinski definition) is 5. The molecule has 3 heterocycles. The average molecular weight is 421 g/mol. The van der Waals surface area contributed by atoms with E-state index in [1.807, 2.05) is 39.5 Å². The number of aryl methyl sites for hydroxylation is 2. The zero-order chi connectivity index (χ0) is 22.2. The second-order valence-electron chi connectivity index (χ2n) is 9.15. The average Bonchev–Trinajstić information content (AvgIpc) is 3.14. The summed E-state index contributed by atoms with van der Waals surface area (Å²) < 4.78 is 1.69. The van der Waals surface area contributed by atoms with Crippen LogP contribution in [0.15, 0.2) is 0 Å². The third-order valence-electron chi connectivity index (χ3n) is 5.89. The van der Waals surface area contributed by atoms with Crippen LogP contribution in [-0.2, 0) is 11.3 Å². The number of hydrogen-bond donors (Lipinski definition) is 2. The van der Waals surface area contributed by atoms with Crippen LogP contribution in [0.25, 0.3) is 0 Å². The van der Waals surface area contributed by atoms with Gasteiger partial charge in [-0.1, -0.05) is 20.8 Å². The van der Waals surface area contributed by atoms with Gasteiger partial charge >= 0.3 is 12.1 Å². The van der Waals surface area contributed by atoms with Crippen molar-refractivity contribution in [2.24, 2.45) is 5.41 Å². The van der Waals surface area contributed by atoms with Crippen molar-refractivity contribution < 1.29 is 19.5 Å². The molecule has 2 aliphatic heterocycles. The quantitative estimate of drug-likeness (QED) is 0.738. The van der Waals surface area contributed by atoms with Gasteiger partial charge in [0.15, 0.2) is 0 Å². The highest BCUT2D eigenvalue weighted by atomic mass is 16.4. The van der Waals surface area contributed by atoms with Crippen molar-refractivity contribution in [3.63, 3.8) is 0 Å². The molecule has 2 N–H and O–H groups in total. The molecule has 166 valence electrons. The first-order valence-electron chi connectivity index (χ1n) is 10.3. The summed E-state index contributed by atoms with van der Waals surface area (Å²) in [4.78, 5) is 46.8. The van der Waals surface area contributed by atoms with E-state index in [4.69, 9.17) is 5.11 Å². The molecule has 10 nitrogen and oxygen atoms in total. The summed E-state index contributed by atoms with van der Waals surface area (Å²) in [5.41, 5.74) is 1.36.